The minimum atomic E-state index is -0.232. The fourth-order valence-corrected chi connectivity index (χ4v) is 2.35. The molecule has 1 aromatic carbocycles. The first kappa shape index (κ1) is 14.6. The van der Waals surface area contributed by atoms with Crippen LogP contribution in [-0.4, -0.2) is 17.3 Å². The van der Waals surface area contributed by atoms with Crippen LogP contribution in [0.3, 0.4) is 0 Å². The molecule has 1 heterocycles. The zero-order chi connectivity index (χ0) is 14.4. The number of carbonyl (C=O) groups is 1. The van der Waals surface area contributed by atoms with E-state index in [2.05, 4.69) is 5.32 Å². The summed E-state index contributed by atoms with van der Waals surface area (Å²) in [5.41, 5.74) is 0.534. The van der Waals surface area contributed by atoms with E-state index in [0.29, 0.717) is 21.4 Å². The summed E-state index contributed by atoms with van der Waals surface area (Å²) in [6.45, 7) is 0. The lowest BCUT2D eigenvalue weighted by Crippen LogP contribution is -2.26. The fourth-order valence-electron chi connectivity index (χ4n) is 1.47. The Morgan fingerprint density at radius 3 is 2.70 bits per heavy atom. The number of ether oxygens (including phenoxy) is 1. The molecule has 0 fully saturated rings. The van der Waals surface area contributed by atoms with Gasteiger partial charge in [-0.25, -0.2) is 0 Å². The molecule has 0 unspecified atom stereocenters. The van der Waals surface area contributed by atoms with Gasteiger partial charge in [-0.05, 0) is 36.4 Å². The van der Waals surface area contributed by atoms with Gasteiger partial charge in [0.05, 0.1) is 19.1 Å². The molecule has 1 aromatic heterocycles. The summed E-state index contributed by atoms with van der Waals surface area (Å²) in [5, 5.41) is 2.67. The molecule has 4 nitrogen and oxygen atoms in total. The van der Waals surface area contributed by atoms with Gasteiger partial charge in [0, 0.05) is 5.56 Å². The number of thiocarbonyl (C=S) groups is 1. The van der Waals surface area contributed by atoms with Gasteiger partial charge < -0.3 is 14.5 Å². The second-order valence-corrected chi connectivity index (χ2v) is 5.49. The van der Waals surface area contributed by atoms with Crippen molar-refractivity contribution in [3.05, 3.63) is 54.0 Å². The van der Waals surface area contributed by atoms with E-state index in [9.17, 15) is 4.79 Å². The van der Waals surface area contributed by atoms with Crippen LogP contribution in [0.15, 0.2) is 47.1 Å². The van der Waals surface area contributed by atoms with Crippen LogP contribution in [0, 0.1) is 0 Å². The molecule has 2 aromatic rings. The molecule has 1 N–H and O–H groups in total. The molecule has 0 bridgehead atoms. The lowest BCUT2D eigenvalue weighted by molar-refractivity contribution is 0.0978. The lowest BCUT2D eigenvalue weighted by Gasteiger charge is -2.06. The number of furan rings is 1. The second-order valence-electron chi connectivity index (χ2n) is 3.84. The van der Waals surface area contributed by atoms with Crippen LogP contribution in [0.4, 0.5) is 0 Å². The molecule has 104 valence electrons. The van der Waals surface area contributed by atoms with Crippen LogP contribution in [-0.2, 0) is 5.75 Å². The molecule has 1 amide bonds. The van der Waals surface area contributed by atoms with Crippen molar-refractivity contribution in [3.8, 4) is 5.75 Å². The average Bonchev–Trinajstić information content (AvgIpc) is 2.98. The van der Waals surface area contributed by atoms with Crippen LogP contribution >= 0.6 is 24.0 Å². The Bertz CT molecular complexity index is 579. The molecular weight excluding hydrogens is 294 g/mol. The van der Waals surface area contributed by atoms with Crippen molar-refractivity contribution in [2.75, 3.05) is 7.11 Å². The zero-order valence-electron chi connectivity index (χ0n) is 10.8. The minimum absolute atomic E-state index is 0.232. The summed E-state index contributed by atoms with van der Waals surface area (Å²) in [6.07, 6.45) is 1.61. The van der Waals surface area contributed by atoms with Crippen LogP contribution in [0.25, 0.3) is 0 Å². The number of rotatable bonds is 4. The second kappa shape index (κ2) is 7.12. The Kier molecular flexibility index (Phi) is 5.20. The molecule has 0 atom stereocenters. The van der Waals surface area contributed by atoms with Crippen molar-refractivity contribution in [3.63, 3.8) is 0 Å². The number of hydrogen-bond acceptors (Lipinski definition) is 5. The van der Waals surface area contributed by atoms with Crippen molar-refractivity contribution < 1.29 is 13.9 Å². The summed E-state index contributed by atoms with van der Waals surface area (Å²) >= 11 is 6.46. The third kappa shape index (κ3) is 4.11. The molecule has 0 saturated carbocycles. The average molecular weight is 307 g/mol. The maximum atomic E-state index is 11.9. The number of nitrogens with one attached hydrogen (secondary N) is 1. The largest absolute Gasteiger partial charge is 0.497 e. The smallest absolute Gasteiger partial charge is 0.256 e. The molecule has 0 radical (unpaired) electrons. The molecule has 0 saturated heterocycles. The van der Waals surface area contributed by atoms with Gasteiger partial charge in [0.15, 0.2) is 0 Å². The number of methoxy groups -OCH3 is 1. The zero-order valence-corrected chi connectivity index (χ0v) is 12.4. The predicted molar refractivity (Wildman–Crippen MR) is 83.1 cm³/mol. The Morgan fingerprint density at radius 2 is 2.10 bits per heavy atom. The Labute approximate surface area is 126 Å². The first-order valence-corrected chi connectivity index (χ1v) is 7.23. The standard InChI is InChI=1S/C14H13NO3S2/c1-17-11-6-4-10(5-7-11)13(16)15-14(19)20-9-12-3-2-8-18-12/h2-8H,9H2,1H3,(H,15,16,19). The topological polar surface area (TPSA) is 51.5 Å². The fraction of sp³-hybridized carbons (Fsp3) is 0.143. The van der Waals surface area contributed by atoms with E-state index in [1.807, 2.05) is 12.1 Å². The highest BCUT2D eigenvalue weighted by molar-refractivity contribution is 8.22. The third-order valence-electron chi connectivity index (χ3n) is 2.49. The molecule has 0 spiro atoms. The number of carbonyl (C=O) groups excluding carboxylic acids is 1. The highest BCUT2D eigenvalue weighted by Crippen LogP contribution is 2.14. The highest BCUT2D eigenvalue weighted by atomic mass is 32.2. The van der Waals surface area contributed by atoms with E-state index >= 15 is 0 Å². The van der Waals surface area contributed by atoms with Gasteiger partial charge in [-0.2, -0.15) is 0 Å². The lowest BCUT2D eigenvalue weighted by atomic mass is 10.2. The Balaban J connectivity index is 1.85. The first-order chi connectivity index (χ1) is 9.69. The normalized spacial score (nSPS) is 10.1. The first-order valence-electron chi connectivity index (χ1n) is 5.83. The molecule has 2 rings (SSSR count). The van der Waals surface area contributed by atoms with Crippen LogP contribution in [0.2, 0.25) is 0 Å². The van der Waals surface area contributed by atoms with Gasteiger partial charge in [-0.3, -0.25) is 4.79 Å². The van der Waals surface area contributed by atoms with E-state index in [0.717, 1.165) is 5.76 Å². The summed E-state index contributed by atoms with van der Waals surface area (Å²) in [7, 11) is 1.58. The third-order valence-corrected chi connectivity index (χ3v) is 3.74. The van der Waals surface area contributed by atoms with Crippen molar-refractivity contribution in [1.82, 2.24) is 5.32 Å². The maximum absolute atomic E-state index is 11.9. The number of amides is 1. The number of hydrogen-bond donors (Lipinski definition) is 1. The van der Waals surface area contributed by atoms with Gasteiger partial charge in [-0.15, -0.1) is 0 Å². The van der Waals surface area contributed by atoms with Gasteiger partial charge in [-0.1, -0.05) is 24.0 Å². The Morgan fingerprint density at radius 1 is 1.35 bits per heavy atom. The molecule has 6 heteroatoms. The molecule has 0 aliphatic carbocycles. The van der Waals surface area contributed by atoms with E-state index in [1.54, 1.807) is 37.6 Å². The van der Waals surface area contributed by atoms with Gasteiger partial charge in [0.2, 0.25) is 0 Å². The highest BCUT2D eigenvalue weighted by Gasteiger charge is 2.09. The summed E-state index contributed by atoms with van der Waals surface area (Å²) in [6, 6.07) is 10.5. The SMILES string of the molecule is COc1ccc(C(=O)NC(=S)SCc2ccco2)cc1. The van der Waals surface area contributed by atoms with Gasteiger partial charge in [0.1, 0.15) is 15.8 Å². The quantitative estimate of drug-likeness (QED) is 0.879. The number of benzene rings is 1. The summed E-state index contributed by atoms with van der Waals surface area (Å²) in [4.78, 5) is 11.9. The van der Waals surface area contributed by atoms with Crippen LogP contribution < -0.4 is 10.1 Å². The number of thioether (sulfide) groups is 1. The minimum Gasteiger partial charge on any atom is -0.497 e. The summed E-state index contributed by atoms with van der Waals surface area (Å²) < 4.78 is 10.6. The van der Waals surface area contributed by atoms with Crippen molar-refractivity contribution in [2.45, 2.75) is 5.75 Å². The molecule has 0 aliphatic rings. The predicted octanol–water partition coefficient (Wildman–Crippen LogP) is 3.24. The Hall–Kier alpha value is -1.79. The van der Waals surface area contributed by atoms with Gasteiger partial charge in [0.25, 0.3) is 5.91 Å². The van der Waals surface area contributed by atoms with Crippen LogP contribution in [0.5, 0.6) is 5.75 Å². The molecule has 20 heavy (non-hydrogen) atoms. The van der Waals surface area contributed by atoms with E-state index < -0.39 is 0 Å². The maximum Gasteiger partial charge on any atom is 0.256 e. The molecule has 0 aliphatic heterocycles. The van der Waals surface area contributed by atoms with Crippen molar-refractivity contribution >= 4 is 34.2 Å². The van der Waals surface area contributed by atoms with Gasteiger partial charge >= 0.3 is 0 Å². The van der Waals surface area contributed by atoms with Crippen molar-refractivity contribution in [1.29, 1.82) is 0 Å². The van der Waals surface area contributed by atoms with Crippen LogP contribution in [0.1, 0.15) is 16.1 Å². The van der Waals surface area contributed by atoms with E-state index in [-0.39, 0.29) is 5.91 Å². The monoisotopic (exact) mass is 307 g/mol. The molecular formula is C14H13NO3S2. The summed E-state index contributed by atoms with van der Waals surface area (Å²) in [5.74, 6) is 1.88. The van der Waals surface area contributed by atoms with E-state index in [4.69, 9.17) is 21.4 Å². The van der Waals surface area contributed by atoms with E-state index in [1.165, 1.54) is 11.8 Å². The van der Waals surface area contributed by atoms with Crippen molar-refractivity contribution in [2.24, 2.45) is 0 Å².